The number of rotatable bonds is 1. The third-order valence-corrected chi connectivity index (χ3v) is 3.22. The Morgan fingerprint density at radius 2 is 1.74 bits per heavy atom. The Morgan fingerprint density at radius 3 is 2.53 bits per heavy atom. The number of hydrogen-bond acceptors (Lipinski definition) is 2. The van der Waals surface area contributed by atoms with Gasteiger partial charge in [0.15, 0.2) is 5.82 Å². The van der Waals surface area contributed by atoms with Crippen molar-refractivity contribution < 1.29 is 4.39 Å². The molecule has 19 heavy (non-hydrogen) atoms. The van der Waals surface area contributed by atoms with Gasteiger partial charge >= 0.3 is 0 Å². The maximum atomic E-state index is 13.7. The van der Waals surface area contributed by atoms with E-state index >= 15 is 0 Å². The van der Waals surface area contributed by atoms with Crippen LogP contribution in [0.15, 0.2) is 42.5 Å². The van der Waals surface area contributed by atoms with Gasteiger partial charge in [0, 0.05) is 10.6 Å². The molecule has 0 aliphatic rings. The summed E-state index contributed by atoms with van der Waals surface area (Å²) in [6, 6.07) is 11.7. The molecule has 0 atom stereocenters. The molecular formula is C14H7Cl2FN2. The molecule has 0 spiro atoms. The standard InChI is InChI=1S/C14H7Cl2FN2/c15-9-4-1-3-8(7-9)14-18-11-6-2-5-10(17)12(11)13(16)19-14/h1-7H. The first-order valence-electron chi connectivity index (χ1n) is 5.53. The maximum Gasteiger partial charge on any atom is 0.161 e. The highest BCUT2D eigenvalue weighted by atomic mass is 35.5. The zero-order chi connectivity index (χ0) is 13.4. The van der Waals surface area contributed by atoms with Crippen molar-refractivity contribution >= 4 is 34.1 Å². The summed E-state index contributed by atoms with van der Waals surface area (Å²) in [6.45, 7) is 0. The fraction of sp³-hybridized carbons (Fsp3) is 0. The zero-order valence-corrected chi connectivity index (χ0v) is 11.1. The highest BCUT2D eigenvalue weighted by molar-refractivity contribution is 6.34. The Bertz CT molecular complexity index is 774. The van der Waals surface area contributed by atoms with E-state index in [9.17, 15) is 4.39 Å². The minimum atomic E-state index is -0.430. The van der Waals surface area contributed by atoms with Gasteiger partial charge in [-0.1, -0.05) is 41.4 Å². The molecule has 2 aromatic carbocycles. The van der Waals surface area contributed by atoms with E-state index in [1.54, 1.807) is 30.3 Å². The summed E-state index contributed by atoms with van der Waals surface area (Å²) in [6.07, 6.45) is 0. The SMILES string of the molecule is Fc1cccc2nc(-c3cccc(Cl)c3)nc(Cl)c12. The van der Waals surface area contributed by atoms with Gasteiger partial charge in [0.1, 0.15) is 11.0 Å². The Hall–Kier alpha value is -1.71. The summed E-state index contributed by atoms with van der Waals surface area (Å²) in [5.41, 5.74) is 1.20. The van der Waals surface area contributed by atoms with Crippen LogP contribution in [-0.4, -0.2) is 9.97 Å². The predicted octanol–water partition coefficient (Wildman–Crippen LogP) is 4.74. The van der Waals surface area contributed by atoms with E-state index in [0.717, 1.165) is 5.56 Å². The Morgan fingerprint density at radius 1 is 0.947 bits per heavy atom. The molecule has 3 rings (SSSR count). The smallest absolute Gasteiger partial charge is 0.161 e. The van der Waals surface area contributed by atoms with Gasteiger partial charge in [-0.3, -0.25) is 0 Å². The summed E-state index contributed by atoms with van der Waals surface area (Å²) in [4.78, 5) is 8.44. The minimum Gasteiger partial charge on any atom is -0.228 e. The molecule has 5 heteroatoms. The third kappa shape index (κ3) is 2.27. The number of halogens is 3. The number of fused-ring (bicyclic) bond motifs is 1. The summed E-state index contributed by atoms with van der Waals surface area (Å²) in [5.74, 6) is -0.00857. The Labute approximate surface area is 118 Å². The van der Waals surface area contributed by atoms with Gasteiger partial charge in [0.2, 0.25) is 0 Å². The molecule has 0 bridgehead atoms. The van der Waals surface area contributed by atoms with Crippen molar-refractivity contribution in [2.45, 2.75) is 0 Å². The summed E-state index contributed by atoms with van der Waals surface area (Å²) in [5, 5.41) is 0.907. The van der Waals surface area contributed by atoms with E-state index < -0.39 is 5.82 Å². The van der Waals surface area contributed by atoms with Crippen molar-refractivity contribution in [1.29, 1.82) is 0 Å². The minimum absolute atomic E-state index is 0.0954. The first-order chi connectivity index (χ1) is 9.15. The largest absolute Gasteiger partial charge is 0.228 e. The first-order valence-corrected chi connectivity index (χ1v) is 6.28. The van der Waals surface area contributed by atoms with E-state index in [1.807, 2.05) is 6.07 Å². The molecule has 0 unspecified atom stereocenters. The Balaban J connectivity index is 2.27. The predicted molar refractivity (Wildman–Crippen MR) is 75.0 cm³/mol. The van der Waals surface area contributed by atoms with Gasteiger partial charge in [-0.05, 0) is 24.3 Å². The van der Waals surface area contributed by atoms with Gasteiger partial charge in [0.05, 0.1) is 10.9 Å². The molecule has 0 N–H and O–H groups in total. The number of nitrogens with zero attached hydrogens (tertiary/aromatic N) is 2. The average molecular weight is 293 g/mol. The van der Waals surface area contributed by atoms with Crippen LogP contribution in [0.2, 0.25) is 10.2 Å². The molecule has 0 amide bonds. The van der Waals surface area contributed by atoms with Gasteiger partial charge in [0.25, 0.3) is 0 Å². The molecule has 0 radical (unpaired) electrons. The van der Waals surface area contributed by atoms with Crippen LogP contribution in [0.25, 0.3) is 22.3 Å². The van der Waals surface area contributed by atoms with Crippen molar-refractivity contribution in [3.8, 4) is 11.4 Å². The van der Waals surface area contributed by atoms with E-state index in [4.69, 9.17) is 23.2 Å². The zero-order valence-electron chi connectivity index (χ0n) is 9.57. The lowest BCUT2D eigenvalue weighted by Crippen LogP contribution is -1.93. The topological polar surface area (TPSA) is 25.8 Å². The first kappa shape index (κ1) is 12.3. The van der Waals surface area contributed by atoms with Crippen LogP contribution in [0, 0.1) is 5.82 Å². The number of hydrogen-bond donors (Lipinski definition) is 0. The van der Waals surface area contributed by atoms with Gasteiger partial charge in [-0.2, -0.15) is 0 Å². The Kier molecular flexibility index (Phi) is 3.09. The normalized spacial score (nSPS) is 10.9. The fourth-order valence-electron chi connectivity index (χ4n) is 1.85. The molecule has 1 heterocycles. The molecular weight excluding hydrogens is 286 g/mol. The van der Waals surface area contributed by atoms with Crippen LogP contribution in [0.5, 0.6) is 0 Å². The summed E-state index contributed by atoms with van der Waals surface area (Å²) in [7, 11) is 0. The van der Waals surface area contributed by atoms with Crippen molar-refractivity contribution in [1.82, 2.24) is 9.97 Å². The molecule has 0 saturated carbocycles. The van der Waals surface area contributed by atoms with Crippen LogP contribution in [-0.2, 0) is 0 Å². The van der Waals surface area contributed by atoms with E-state index in [0.29, 0.717) is 16.4 Å². The van der Waals surface area contributed by atoms with Gasteiger partial charge in [-0.25, -0.2) is 14.4 Å². The average Bonchev–Trinajstić information content (AvgIpc) is 2.38. The monoisotopic (exact) mass is 292 g/mol. The van der Waals surface area contributed by atoms with Crippen LogP contribution < -0.4 is 0 Å². The fourth-order valence-corrected chi connectivity index (χ4v) is 2.31. The van der Waals surface area contributed by atoms with Crippen LogP contribution in [0.3, 0.4) is 0 Å². The van der Waals surface area contributed by atoms with Crippen LogP contribution in [0.1, 0.15) is 0 Å². The second-order valence-corrected chi connectivity index (χ2v) is 4.78. The molecule has 2 nitrogen and oxygen atoms in total. The third-order valence-electron chi connectivity index (χ3n) is 2.71. The lowest BCUT2D eigenvalue weighted by molar-refractivity contribution is 0.639. The summed E-state index contributed by atoms with van der Waals surface area (Å²) >= 11 is 12.0. The van der Waals surface area contributed by atoms with E-state index in [-0.39, 0.29) is 10.5 Å². The molecule has 1 aromatic heterocycles. The summed E-state index contributed by atoms with van der Waals surface area (Å²) < 4.78 is 13.7. The van der Waals surface area contributed by atoms with Gasteiger partial charge in [-0.15, -0.1) is 0 Å². The molecule has 0 fully saturated rings. The van der Waals surface area contributed by atoms with Gasteiger partial charge < -0.3 is 0 Å². The lowest BCUT2D eigenvalue weighted by Gasteiger charge is -2.05. The van der Waals surface area contributed by atoms with Crippen molar-refractivity contribution in [3.63, 3.8) is 0 Å². The van der Waals surface area contributed by atoms with Crippen molar-refractivity contribution in [2.24, 2.45) is 0 Å². The van der Waals surface area contributed by atoms with E-state index in [1.165, 1.54) is 6.07 Å². The molecule has 3 aromatic rings. The number of benzene rings is 2. The maximum absolute atomic E-state index is 13.7. The van der Waals surface area contributed by atoms with Crippen molar-refractivity contribution in [2.75, 3.05) is 0 Å². The molecule has 0 saturated heterocycles. The van der Waals surface area contributed by atoms with Crippen LogP contribution in [0.4, 0.5) is 4.39 Å². The lowest BCUT2D eigenvalue weighted by atomic mass is 10.2. The quantitative estimate of drug-likeness (QED) is 0.605. The molecule has 94 valence electrons. The second-order valence-electron chi connectivity index (χ2n) is 3.98. The van der Waals surface area contributed by atoms with Crippen LogP contribution >= 0.6 is 23.2 Å². The van der Waals surface area contributed by atoms with Crippen molar-refractivity contribution in [3.05, 3.63) is 58.5 Å². The highest BCUT2D eigenvalue weighted by Crippen LogP contribution is 2.27. The molecule has 0 aliphatic heterocycles. The number of aromatic nitrogens is 2. The molecule has 0 aliphatic carbocycles. The highest BCUT2D eigenvalue weighted by Gasteiger charge is 2.11. The second kappa shape index (κ2) is 4.76. The van der Waals surface area contributed by atoms with E-state index in [2.05, 4.69) is 9.97 Å².